The molecule has 1 unspecified atom stereocenters. The molecular weight excluding hydrogens is 667 g/mol. The van der Waals surface area contributed by atoms with Gasteiger partial charge >= 0.3 is 6.18 Å². The summed E-state index contributed by atoms with van der Waals surface area (Å²) in [4.78, 5) is 66.1. The molecule has 3 aromatic carbocycles. The van der Waals surface area contributed by atoms with Gasteiger partial charge in [0.15, 0.2) is 0 Å². The van der Waals surface area contributed by atoms with Gasteiger partial charge in [0.2, 0.25) is 17.8 Å². The minimum atomic E-state index is -4.60. The second-order valence-corrected chi connectivity index (χ2v) is 11.1. The summed E-state index contributed by atoms with van der Waals surface area (Å²) in [7, 11) is 0. The molecule has 4 amide bonds. The number of anilines is 5. The minimum absolute atomic E-state index is 0.172. The summed E-state index contributed by atoms with van der Waals surface area (Å²) < 4.78 is 39.3. The van der Waals surface area contributed by atoms with Crippen molar-refractivity contribution in [2.75, 3.05) is 21.3 Å². The second-order valence-electron chi connectivity index (χ2n) is 11.1. The Morgan fingerprint density at radius 2 is 1.55 bits per heavy atom. The van der Waals surface area contributed by atoms with E-state index in [-0.39, 0.29) is 34.9 Å². The molecule has 0 saturated heterocycles. The van der Waals surface area contributed by atoms with Crippen LogP contribution in [0.5, 0.6) is 0 Å². The highest BCUT2D eigenvalue weighted by Crippen LogP contribution is 2.30. The maximum absolute atomic E-state index is 13.1. The smallest absolute Gasteiger partial charge is 0.348 e. The molecule has 16 heteroatoms. The molecule has 13 nitrogen and oxygen atoms in total. The van der Waals surface area contributed by atoms with Crippen LogP contribution in [0.15, 0.2) is 104 Å². The highest BCUT2D eigenvalue weighted by molar-refractivity contribution is 6.08. The normalized spacial score (nSPS) is 11.5. The molecule has 51 heavy (non-hydrogen) atoms. The largest absolute Gasteiger partial charge is 0.416 e. The molecule has 1 atom stereocenters. The summed E-state index contributed by atoms with van der Waals surface area (Å²) in [6, 6.07) is 14.4. The van der Waals surface area contributed by atoms with Crippen molar-refractivity contribution in [2.24, 2.45) is 0 Å². The number of hydrogen-bond acceptors (Lipinski definition) is 8. The lowest BCUT2D eigenvalue weighted by molar-refractivity contribution is -0.137. The van der Waals surface area contributed by atoms with E-state index in [0.29, 0.717) is 22.6 Å². The van der Waals surface area contributed by atoms with Crippen molar-refractivity contribution in [3.05, 3.63) is 132 Å². The lowest BCUT2D eigenvalue weighted by Gasteiger charge is -2.17. The highest BCUT2D eigenvalue weighted by atomic mass is 19.4. The van der Waals surface area contributed by atoms with Crippen molar-refractivity contribution in [3.8, 4) is 0 Å². The lowest BCUT2D eigenvalue weighted by atomic mass is 10.1. The Balaban J connectivity index is 1.20. The monoisotopic (exact) mass is 697 g/mol. The molecule has 260 valence electrons. The molecule has 0 aliphatic heterocycles. The molecular formula is C35H30F3N9O4. The molecule has 0 aliphatic carbocycles. The molecule has 0 bridgehead atoms. The van der Waals surface area contributed by atoms with Crippen LogP contribution in [0.2, 0.25) is 0 Å². The van der Waals surface area contributed by atoms with Crippen molar-refractivity contribution in [3.63, 3.8) is 0 Å². The average molecular weight is 698 g/mol. The number of nitrogens with zero attached hydrogens (tertiary/aromatic N) is 3. The Labute approximate surface area is 288 Å². The standard InChI is InChI=1S/C35H30F3N9O4/c1-3-30(48)47-29(15-26-16-39-19-42-26)33(51)44-23-8-5-9-24(13-23)46-34-40-17-27(18-41-34)45-32(50)28-14-25(11-10-20(28)2)43-31(49)21-6-4-7-22(12-21)35(36,37)38/h3-14,16-19,29H,1,15H2,2H3,(H,39,42)(H,43,49)(H,44,51)(H,45,50)(H,47,48)(H,40,41,46). The Morgan fingerprint density at radius 1 is 0.843 bits per heavy atom. The van der Waals surface area contributed by atoms with E-state index in [0.717, 1.165) is 24.3 Å². The Morgan fingerprint density at radius 3 is 2.25 bits per heavy atom. The fraction of sp³-hybridized carbons (Fsp3) is 0.114. The number of imidazole rings is 1. The molecule has 0 radical (unpaired) electrons. The first-order valence-electron chi connectivity index (χ1n) is 15.2. The van der Waals surface area contributed by atoms with Crippen LogP contribution in [0, 0.1) is 6.92 Å². The van der Waals surface area contributed by atoms with E-state index in [1.807, 2.05) is 0 Å². The van der Waals surface area contributed by atoms with Crippen molar-refractivity contribution < 1.29 is 32.3 Å². The number of carbonyl (C=O) groups is 4. The predicted octanol–water partition coefficient (Wildman–Crippen LogP) is 5.63. The summed E-state index contributed by atoms with van der Waals surface area (Å²) in [5.74, 6) is -2.10. The van der Waals surface area contributed by atoms with Gasteiger partial charge in [0.05, 0.1) is 30.0 Å². The third-order valence-electron chi connectivity index (χ3n) is 7.29. The van der Waals surface area contributed by atoms with Gasteiger partial charge in [0.25, 0.3) is 11.8 Å². The van der Waals surface area contributed by atoms with Crippen LogP contribution >= 0.6 is 0 Å². The van der Waals surface area contributed by atoms with E-state index >= 15 is 0 Å². The first-order chi connectivity index (χ1) is 24.4. The Bertz CT molecular complexity index is 2070. The number of carbonyl (C=O) groups excluding carboxylic acids is 4. The van der Waals surface area contributed by atoms with E-state index < -0.39 is 41.4 Å². The van der Waals surface area contributed by atoms with Gasteiger partial charge in [-0.15, -0.1) is 0 Å². The topological polar surface area (TPSA) is 183 Å². The summed E-state index contributed by atoms with van der Waals surface area (Å²) >= 11 is 0. The van der Waals surface area contributed by atoms with Crippen LogP contribution in [-0.2, 0) is 22.2 Å². The predicted molar refractivity (Wildman–Crippen MR) is 183 cm³/mol. The molecule has 2 heterocycles. The van der Waals surface area contributed by atoms with Crippen LogP contribution in [0.25, 0.3) is 0 Å². The Hall–Kier alpha value is -6.84. The molecule has 0 spiro atoms. The van der Waals surface area contributed by atoms with Gasteiger partial charge in [-0.2, -0.15) is 13.2 Å². The number of amides is 4. The lowest BCUT2D eigenvalue weighted by Crippen LogP contribution is -2.44. The number of aryl methyl sites for hydroxylation is 1. The Kier molecular flexibility index (Phi) is 10.8. The number of alkyl halides is 3. The van der Waals surface area contributed by atoms with Crippen molar-refractivity contribution >= 4 is 52.3 Å². The summed E-state index contributed by atoms with van der Waals surface area (Å²) in [5.41, 5.74) is 1.71. The van der Waals surface area contributed by atoms with E-state index in [2.05, 4.69) is 53.1 Å². The van der Waals surface area contributed by atoms with Gasteiger partial charge in [-0.1, -0.05) is 24.8 Å². The zero-order chi connectivity index (χ0) is 36.5. The maximum Gasteiger partial charge on any atom is 0.416 e. The molecule has 0 aliphatic rings. The second kappa shape index (κ2) is 15.6. The molecule has 5 aromatic rings. The average Bonchev–Trinajstić information content (AvgIpc) is 3.62. The fourth-order valence-corrected chi connectivity index (χ4v) is 4.73. The fourth-order valence-electron chi connectivity index (χ4n) is 4.73. The zero-order valence-electron chi connectivity index (χ0n) is 26.8. The highest BCUT2D eigenvalue weighted by Gasteiger charge is 2.31. The van der Waals surface area contributed by atoms with Crippen LogP contribution in [0.1, 0.15) is 37.5 Å². The quantitative estimate of drug-likeness (QED) is 0.0907. The van der Waals surface area contributed by atoms with E-state index in [1.165, 1.54) is 36.9 Å². The molecule has 2 aromatic heterocycles. The third kappa shape index (κ3) is 9.62. The SMILES string of the molecule is C=CC(=O)NC(Cc1cnc[nH]1)C(=O)Nc1cccc(Nc2ncc(NC(=O)c3cc(NC(=O)c4cccc(C(F)(F)F)c4)ccc3C)cn2)c1. The summed E-state index contributed by atoms with van der Waals surface area (Å²) in [6.45, 7) is 5.11. The molecule has 0 fully saturated rings. The zero-order valence-corrected chi connectivity index (χ0v) is 26.8. The first-order valence-corrected chi connectivity index (χ1v) is 15.2. The number of benzene rings is 3. The van der Waals surface area contributed by atoms with Gasteiger partial charge in [-0.05, 0) is 67.1 Å². The summed E-state index contributed by atoms with van der Waals surface area (Å²) in [5, 5.41) is 13.6. The van der Waals surface area contributed by atoms with Gasteiger partial charge in [-0.25, -0.2) is 15.0 Å². The summed E-state index contributed by atoms with van der Waals surface area (Å²) in [6.07, 6.45) is 2.41. The van der Waals surface area contributed by atoms with Crippen LogP contribution in [0.4, 0.5) is 41.9 Å². The van der Waals surface area contributed by atoms with E-state index in [1.54, 1.807) is 43.5 Å². The van der Waals surface area contributed by atoms with Crippen LogP contribution < -0.4 is 26.6 Å². The number of H-pyrrole nitrogens is 1. The number of halogens is 3. The minimum Gasteiger partial charge on any atom is -0.348 e. The van der Waals surface area contributed by atoms with Crippen molar-refractivity contribution in [2.45, 2.75) is 25.6 Å². The van der Waals surface area contributed by atoms with Gasteiger partial charge in [0, 0.05) is 46.5 Å². The van der Waals surface area contributed by atoms with E-state index in [9.17, 15) is 32.3 Å². The van der Waals surface area contributed by atoms with Crippen molar-refractivity contribution in [1.29, 1.82) is 0 Å². The van der Waals surface area contributed by atoms with E-state index in [4.69, 9.17) is 0 Å². The number of aromatic nitrogens is 4. The number of hydrogen-bond donors (Lipinski definition) is 6. The molecule has 6 N–H and O–H groups in total. The maximum atomic E-state index is 13.1. The van der Waals surface area contributed by atoms with Crippen molar-refractivity contribution in [1.82, 2.24) is 25.3 Å². The van der Waals surface area contributed by atoms with Gasteiger partial charge < -0.3 is 31.6 Å². The number of nitrogens with one attached hydrogen (secondary N) is 6. The number of rotatable bonds is 12. The first kappa shape index (κ1) is 35.5. The van der Waals surface area contributed by atoms with Crippen LogP contribution in [0.3, 0.4) is 0 Å². The molecule has 5 rings (SSSR count). The van der Waals surface area contributed by atoms with Gasteiger partial charge in [-0.3, -0.25) is 19.2 Å². The van der Waals surface area contributed by atoms with Gasteiger partial charge in [0.1, 0.15) is 6.04 Å². The van der Waals surface area contributed by atoms with Crippen LogP contribution in [-0.4, -0.2) is 49.6 Å². The molecule has 0 saturated carbocycles. The number of aromatic amines is 1. The third-order valence-corrected chi connectivity index (χ3v) is 7.29.